The van der Waals surface area contributed by atoms with Crippen molar-refractivity contribution in [3.8, 4) is 11.5 Å². The number of aliphatic imine (C=N–C) groups is 2. The molecule has 0 aliphatic carbocycles. The number of phenolic OH excluding ortho intramolecular Hbond substituents is 2. The minimum atomic E-state index is -0.856. The number of phenols is 2. The molecule has 0 spiro atoms. The molecule has 0 fully saturated rings. The highest BCUT2D eigenvalue weighted by atomic mass is 19.1. The Balaban J connectivity index is 1.84. The molecule has 0 amide bonds. The zero-order valence-electron chi connectivity index (χ0n) is 18.7. The van der Waals surface area contributed by atoms with Crippen LogP contribution in [0.2, 0.25) is 0 Å². The quantitative estimate of drug-likeness (QED) is 0.223. The van der Waals surface area contributed by atoms with Gasteiger partial charge in [0.15, 0.2) is 0 Å². The molecule has 8 heteroatoms. The van der Waals surface area contributed by atoms with Gasteiger partial charge >= 0.3 is 0 Å². The molecule has 36 heavy (non-hydrogen) atoms. The molecule has 0 aromatic heterocycles. The van der Waals surface area contributed by atoms with Gasteiger partial charge in [-0.15, -0.1) is 0 Å². The predicted molar refractivity (Wildman–Crippen MR) is 130 cm³/mol. The number of aromatic hydroxyl groups is 2. The second kappa shape index (κ2) is 10.9. The van der Waals surface area contributed by atoms with E-state index >= 15 is 0 Å². The van der Waals surface area contributed by atoms with Crippen molar-refractivity contribution in [1.82, 2.24) is 0 Å². The number of hydrogen-bond donors (Lipinski definition) is 2. The van der Waals surface area contributed by atoms with Crippen molar-refractivity contribution < 1.29 is 27.8 Å². The van der Waals surface area contributed by atoms with E-state index in [1.165, 1.54) is 73.1 Å². The molecule has 0 aliphatic rings. The van der Waals surface area contributed by atoms with E-state index < -0.39 is 35.4 Å². The Morgan fingerprint density at radius 1 is 0.500 bits per heavy atom. The summed E-state index contributed by atoms with van der Waals surface area (Å²) in [7, 11) is 0. The molecule has 4 aromatic carbocycles. The maximum absolute atomic E-state index is 13.8. The van der Waals surface area contributed by atoms with Crippen LogP contribution < -0.4 is 0 Å². The van der Waals surface area contributed by atoms with Crippen molar-refractivity contribution in [2.45, 2.75) is 12.1 Å². The lowest BCUT2D eigenvalue weighted by Crippen LogP contribution is -2.09. The zero-order chi connectivity index (χ0) is 25.7. The van der Waals surface area contributed by atoms with Gasteiger partial charge in [0.05, 0.1) is 0 Å². The van der Waals surface area contributed by atoms with E-state index in [-0.39, 0.29) is 22.6 Å². The first-order valence-electron chi connectivity index (χ1n) is 10.8. The van der Waals surface area contributed by atoms with Gasteiger partial charge in [0, 0.05) is 23.6 Å². The van der Waals surface area contributed by atoms with E-state index in [4.69, 9.17) is 0 Å². The van der Waals surface area contributed by atoms with E-state index in [0.29, 0.717) is 11.1 Å². The Morgan fingerprint density at radius 2 is 0.833 bits per heavy atom. The van der Waals surface area contributed by atoms with E-state index in [0.717, 1.165) is 24.3 Å². The minimum absolute atomic E-state index is 0.103. The molecule has 2 atom stereocenters. The van der Waals surface area contributed by atoms with Crippen LogP contribution >= 0.6 is 0 Å². The molecule has 0 saturated carbocycles. The van der Waals surface area contributed by atoms with Crippen LogP contribution in [-0.2, 0) is 0 Å². The molecule has 4 nitrogen and oxygen atoms in total. The van der Waals surface area contributed by atoms with E-state index in [1.807, 2.05) is 0 Å². The fourth-order valence-corrected chi connectivity index (χ4v) is 3.60. The third kappa shape index (κ3) is 5.96. The molecule has 0 bridgehead atoms. The standard InChI is InChI=1S/C28H20F4N2O2/c29-21-5-1-17(2-6-21)27(33-15-19-13-23(31)9-11-25(19)35)28(18-3-7-22(30)8-4-18)34-16-20-14-24(32)10-12-26(20)36/h1-16,27-28,35-36H. The molecule has 4 rings (SSSR count). The first-order chi connectivity index (χ1) is 17.3. The lowest BCUT2D eigenvalue weighted by atomic mass is 9.94. The Bertz CT molecular complexity index is 1300. The number of benzene rings is 4. The molecular weight excluding hydrogens is 472 g/mol. The van der Waals surface area contributed by atoms with Gasteiger partial charge in [0.25, 0.3) is 0 Å². The van der Waals surface area contributed by atoms with Crippen LogP contribution in [0, 0.1) is 23.3 Å². The fraction of sp³-hybridized carbons (Fsp3) is 0.0714. The van der Waals surface area contributed by atoms with Gasteiger partial charge in [-0.2, -0.15) is 0 Å². The number of nitrogens with zero attached hydrogens (tertiary/aromatic N) is 2. The molecule has 0 saturated heterocycles. The topological polar surface area (TPSA) is 65.2 Å². The van der Waals surface area contributed by atoms with Gasteiger partial charge < -0.3 is 10.2 Å². The lowest BCUT2D eigenvalue weighted by Gasteiger charge is -2.22. The van der Waals surface area contributed by atoms with Crippen LogP contribution in [-0.4, -0.2) is 22.6 Å². The summed E-state index contributed by atoms with van der Waals surface area (Å²) in [5, 5.41) is 20.2. The SMILES string of the molecule is Oc1ccc(F)cc1C=NC(c1ccc(F)cc1)C(N=Cc1cc(F)ccc1O)c1ccc(F)cc1. The first-order valence-corrected chi connectivity index (χ1v) is 10.8. The smallest absolute Gasteiger partial charge is 0.124 e. The van der Waals surface area contributed by atoms with Crippen LogP contribution in [0.1, 0.15) is 34.3 Å². The van der Waals surface area contributed by atoms with Crippen LogP contribution in [0.4, 0.5) is 17.6 Å². The average molecular weight is 492 g/mol. The highest BCUT2D eigenvalue weighted by Gasteiger charge is 2.24. The van der Waals surface area contributed by atoms with E-state index in [2.05, 4.69) is 9.98 Å². The van der Waals surface area contributed by atoms with Crippen molar-refractivity contribution in [1.29, 1.82) is 0 Å². The van der Waals surface area contributed by atoms with Gasteiger partial charge in [-0.1, -0.05) is 24.3 Å². The maximum atomic E-state index is 13.8. The van der Waals surface area contributed by atoms with Crippen LogP contribution in [0.3, 0.4) is 0 Å². The highest BCUT2D eigenvalue weighted by Crippen LogP contribution is 2.36. The summed E-state index contributed by atoms with van der Waals surface area (Å²) in [5.74, 6) is -2.52. The average Bonchev–Trinajstić information content (AvgIpc) is 2.86. The third-order valence-corrected chi connectivity index (χ3v) is 5.45. The van der Waals surface area contributed by atoms with Crippen molar-refractivity contribution in [2.24, 2.45) is 9.98 Å². The molecule has 0 radical (unpaired) electrons. The summed E-state index contributed by atoms with van der Waals surface area (Å²) >= 11 is 0. The second-order valence-corrected chi connectivity index (χ2v) is 7.96. The molecule has 2 N–H and O–H groups in total. The Hall–Kier alpha value is -4.46. The lowest BCUT2D eigenvalue weighted by molar-refractivity contribution is 0.471. The predicted octanol–water partition coefficient (Wildman–Crippen LogP) is 6.67. The summed E-state index contributed by atoms with van der Waals surface area (Å²) < 4.78 is 54.8. The summed E-state index contributed by atoms with van der Waals surface area (Å²) in [6.45, 7) is 0. The fourth-order valence-electron chi connectivity index (χ4n) is 3.60. The minimum Gasteiger partial charge on any atom is -0.507 e. The molecule has 0 heterocycles. The van der Waals surface area contributed by atoms with Crippen LogP contribution in [0.15, 0.2) is 94.9 Å². The molecule has 2 unspecified atom stereocenters. The van der Waals surface area contributed by atoms with Crippen molar-refractivity contribution in [2.75, 3.05) is 0 Å². The summed E-state index contributed by atoms with van der Waals surface area (Å²) in [5.41, 5.74) is 1.23. The summed E-state index contributed by atoms with van der Waals surface area (Å²) in [6.07, 6.45) is 2.52. The normalized spacial score (nSPS) is 13.3. The Kier molecular flexibility index (Phi) is 7.44. The Morgan fingerprint density at radius 3 is 1.19 bits per heavy atom. The van der Waals surface area contributed by atoms with Crippen LogP contribution in [0.25, 0.3) is 0 Å². The largest absolute Gasteiger partial charge is 0.507 e. The van der Waals surface area contributed by atoms with Crippen molar-refractivity contribution in [3.63, 3.8) is 0 Å². The van der Waals surface area contributed by atoms with Crippen molar-refractivity contribution >= 4 is 12.4 Å². The number of halogens is 4. The summed E-state index contributed by atoms with van der Waals surface area (Å²) in [6, 6.07) is 16.0. The highest BCUT2D eigenvalue weighted by molar-refractivity contribution is 5.84. The van der Waals surface area contributed by atoms with E-state index in [1.54, 1.807) is 0 Å². The molecule has 4 aromatic rings. The van der Waals surface area contributed by atoms with Gasteiger partial charge in [-0.05, 0) is 71.8 Å². The Labute approximate surface area is 204 Å². The van der Waals surface area contributed by atoms with Crippen molar-refractivity contribution in [3.05, 3.63) is 130 Å². The molecular formula is C28H20F4N2O2. The van der Waals surface area contributed by atoms with E-state index in [9.17, 15) is 27.8 Å². The molecule has 0 aliphatic heterocycles. The maximum Gasteiger partial charge on any atom is 0.124 e. The third-order valence-electron chi connectivity index (χ3n) is 5.45. The van der Waals surface area contributed by atoms with Crippen LogP contribution in [0.5, 0.6) is 11.5 Å². The van der Waals surface area contributed by atoms with Gasteiger partial charge in [-0.3, -0.25) is 9.98 Å². The first kappa shape index (κ1) is 24.7. The zero-order valence-corrected chi connectivity index (χ0v) is 18.7. The second-order valence-electron chi connectivity index (χ2n) is 7.96. The van der Waals surface area contributed by atoms with Gasteiger partial charge in [0.2, 0.25) is 0 Å². The monoisotopic (exact) mass is 492 g/mol. The van der Waals surface area contributed by atoms with Gasteiger partial charge in [-0.25, -0.2) is 17.6 Å². The molecule has 182 valence electrons. The number of hydrogen-bond acceptors (Lipinski definition) is 4. The summed E-state index contributed by atoms with van der Waals surface area (Å²) in [4.78, 5) is 9.06. The number of rotatable bonds is 7. The van der Waals surface area contributed by atoms with Gasteiger partial charge in [0.1, 0.15) is 46.9 Å².